The van der Waals surface area contributed by atoms with Gasteiger partial charge in [0.1, 0.15) is 0 Å². The predicted molar refractivity (Wildman–Crippen MR) is 29.5 cm³/mol. The largest absolute Gasteiger partial charge is 0.388 e. The van der Waals surface area contributed by atoms with E-state index in [9.17, 15) is 4.79 Å². The van der Waals surface area contributed by atoms with Crippen LogP contribution in [0.2, 0.25) is 0 Å². The van der Waals surface area contributed by atoms with Gasteiger partial charge in [0.15, 0.2) is 0 Å². The molecule has 0 aromatic heterocycles. The fourth-order valence-corrected chi connectivity index (χ4v) is 0.229. The van der Waals surface area contributed by atoms with Crippen molar-refractivity contribution >= 4 is 5.97 Å². The van der Waals surface area contributed by atoms with Gasteiger partial charge in [0.2, 0.25) is 0 Å². The van der Waals surface area contributed by atoms with E-state index < -0.39 is 12.1 Å². The monoisotopic (exact) mass is 132 g/mol. The second-order valence-electron chi connectivity index (χ2n) is 1.58. The van der Waals surface area contributed by atoms with Crippen molar-refractivity contribution in [3.63, 3.8) is 0 Å². The lowest BCUT2D eigenvalue weighted by atomic mass is 10.2. The van der Waals surface area contributed by atoms with Crippen molar-refractivity contribution in [2.75, 3.05) is 0 Å². The Morgan fingerprint density at radius 2 is 2.22 bits per heavy atom. The number of aliphatic hydroxyl groups excluding tert-OH is 1. The molecule has 0 aliphatic heterocycles. The number of carbonyl (C=O) groups is 1. The van der Waals surface area contributed by atoms with Gasteiger partial charge in [-0.25, -0.2) is 4.79 Å². The molecular formula is C5H8O4. The van der Waals surface area contributed by atoms with Crippen molar-refractivity contribution < 1.29 is 20.0 Å². The fraction of sp³-hybridized carbons (Fsp3) is 0.400. The molecule has 0 saturated heterocycles. The number of hydrogen-bond acceptors (Lipinski definition) is 4. The van der Waals surface area contributed by atoms with Gasteiger partial charge < -0.3 is 5.11 Å². The third kappa shape index (κ3) is 2.25. The summed E-state index contributed by atoms with van der Waals surface area (Å²) < 4.78 is 0. The Balaban J connectivity index is 3.89. The molecule has 9 heavy (non-hydrogen) atoms. The molecule has 4 heteroatoms. The first kappa shape index (κ1) is 8.13. The average Bonchev–Trinajstić information content (AvgIpc) is 1.84. The topological polar surface area (TPSA) is 66.8 Å². The number of carbonyl (C=O) groups excluding carboxylic acids is 1. The van der Waals surface area contributed by atoms with E-state index in [4.69, 9.17) is 10.4 Å². The summed E-state index contributed by atoms with van der Waals surface area (Å²) in [7, 11) is 0. The molecule has 0 aromatic carbocycles. The summed E-state index contributed by atoms with van der Waals surface area (Å²) in [5, 5.41) is 16.3. The lowest BCUT2D eigenvalue weighted by Crippen LogP contribution is -2.14. The van der Waals surface area contributed by atoms with Crippen molar-refractivity contribution in [3.05, 3.63) is 12.2 Å². The van der Waals surface area contributed by atoms with E-state index in [1.54, 1.807) is 0 Å². The Morgan fingerprint density at radius 1 is 1.78 bits per heavy atom. The van der Waals surface area contributed by atoms with Crippen LogP contribution in [0.3, 0.4) is 0 Å². The van der Waals surface area contributed by atoms with Crippen LogP contribution in [0.4, 0.5) is 0 Å². The highest BCUT2D eigenvalue weighted by atomic mass is 17.1. The van der Waals surface area contributed by atoms with Gasteiger partial charge in [0.25, 0.3) is 0 Å². The normalized spacial score (nSPS) is 12.3. The molecule has 0 radical (unpaired) electrons. The van der Waals surface area contributed by atoms with Crippen LogP contribution >= 0.6 is 0 Å². The van der Waals surface area contributed by atoms with Gasteiger partial charge in [0.05, 0.1) is 11.7 Å². The van der Waals surface area contributed by atoms with E-state index in [0.717, 1.165) is 0 Å². The third-order valence-electron chi connectivity index (χ3n) is 0.849. The summed E-state index contributed by atoms with van der Waals surface area (Å²) in [6.07, 6.45) is -0.982. The SMILES string of the molecule is C=C(C(=O)OO)C(C)O. The standard InChI is InChI=1S/C5H8O4/c1-3(4(2)6)5(7)9-8/h4,6,8H,1H2,2H3. The quantitative estimate of drug-likeness (QED) is 0.314. The second-order valence-corrected chi connectivity index (χ2v) is 1.58. The molecule has 0 heterocycles. The molecule has 0 bridgehead atoms. The Kier molecular flexibility index (Phi) is 2.90. The summed E-state index contributed by atoms with van der Waals surface area (Å²) in [4.78, 5) is 13.5. The molecule has 2 N–H and O–H groups in total. The summed E-state index contributed by atoms with van der Waals surface area (Å²) in [5.41, 5.74) is -0.169. The van der Waals surface area contributed by atoms with Crippen LogP contribution in [0.5, 0.6) is 0 Å². The maximum Gasteiger partial charge on any atom is 0.370 e. The lowest BCUT2D eigenvalue weighted by molar-refractivity contribution is -0.230. The van der Waals surface area contributed by atoms with Crippen molar-refractivity contribution in [2.24, 2.45) is 0 Å². The molecule has 0 fully saturated rings. The maximum absolute atomic E-state index is 10.2. The number of aliphatic hydroxyl groups is 1. The van der Waals surface area contributed by atoms with Gasteiger partial charge >= 0.3 is 5.97 Å². The molecule has 0 aromatic rings. The minimum absolute atomic E-state index is 0.169. The van der Waals surface area contributed by atoms with Gasteiger partial charge in [0, 0.05) is 0 Å². The van der Waals surface area contributed by atoms with Gasteiger partial charge in [-0.1, -0.05) is 6.58 Å². The first-order chi connectivity index (χ1) is 4.09. The van der Waals surface area contributed by atoms with Gasteiger partial charge in [-0.3, -0.25) is 4.89 Å². The molecule has 1 atom stereocenters. The van der Waals surface area contributed by atoms with E-state index in [0.29, 0.717) is 0 Å². The van der Waals surface area contributed by atoms with Crippen LogP contribution in [0.15, 0.2) is 12.2 Å². The Morgan fingerprint density at radius 3 is 2.33 bits per heavy atom. The molecule has 0 rings (SSSR count). The molecule has 0 aliphatic rings. The molecule has 0 amide bonds. The van der Waals surface area contributed by atoms with E-state index in [2.05, 4.69) is 11.5 Å². The van der Waals surface area contributed by atoms with Gasteiger partial charge in [-0.2, -0.15) is 5.26 Å². The fourth-order valence-electron chi connectivity index (χ4n) is 0.229. The van der Waals surface area contributed by atoms with E-state index >= 15 is 0 Å². The Labute approximate surface area is 52.3 Å². The van der Waals surface area contributed by atoms with Crippen LogP contribution in [-0.4, -0.2) is 22.4 Å². The van der Waals surface area contributed by atoms with Crippen LogP contribution in [-0.2, 0) is 9.68 Å². The lowest BCUT2D eigenvalue weighted by Gasteiger charge is -2.02. The predicted octanol–water partition coefficient (Wildman–Crippen LogP) is -0.0604. The maximum atomic E-state index is 10.2. The van der Waals surface area contributed by atoms with E-state index in [-0.39, 0.29) is 5.57 Å². The molecule has 0 aliphatic carbocycles. The second kappa shape index (κ2) is 3.21. The zero-order valence-electron chi connectivity index (χ0n) is 5.00. The van der Waals surface area contributed by atoms with Crippen molar-refractivity contribution in [3.8, 4) is 0 Å². The van der Waals surface area contributed by atoms with E-state index in [1.165, 1.54) is 6.92 Å². The van der Waals surface area contributed by atoms with Crippen molar-refractivity contribution in [1.29, 1.82) is 0 Å². The average molecular weight is 132 g/mol. The summed E-state index contributed by atoms with van der Waals surface area (Å²) in [5.74, 6) is -1.01. The van der Waals surface area contributed by atoms with Crippen LogP contribution in [0.25, 0.3) is 0 Å². The third-order valence-corrected chi connectivity index (χ3v) is 0.849. The zero-order valence-corrected chi connectivity index (χ0v) is 5.00. The minimum atomic E-state index is -1.01. The number of hydrogen-bond donors (Lipinski definition) is 2. The van der Waals surface area contributed by atoms with E-state index in [1.807, 2.05) is 0 Å². The van der Waals surface area contributed by atoms with Crippen LogP contribution in [0.1, 0.15) is 6.92 Å². The molecular weight excluding hydrogens is 124 g/mol. The molecule has 0 spiro atoms. The summed E-state index contributed by atoms with van der Waals surface area (Å²) in [6, 6.07) is 0. The Hall–Kier alpha value is -0.870. The zero-order chi connectivity index (χ0) is 7.44. The van der Waals surface area contributed by atoms with Crippen LogP contribution < -0.4 is 0 Å². The highest BCUT2D eigenvalue weighted by molar-refractivity contribution is 5.88. The summed E-state index contributed by atoms with van der Waals surface area (Å²) in [6.45, 7) is 4.49. The smallest absolute Gasteiger partial charge is 0.370 e. The first-order valence-electron chi connectivity index (χ1n) is 2.32. The molecule has 0 saturated carbocycles. The van der Waals surface area contributed by atoms with Gasteiger partial charge in [-0.05, 0) is 6.92 Å². The van der Waals surface area contributed by atoms with Crippen molar-refractivity contribution in [2.45, 2.75) is 13.0 Å². The minimum Gasteiger partial charge on any atom is -0.388 e. The molecule has 4 nitrogen and oxygen atoms in total. The van der Waals surface area contributed by atoms with Gasteiger partial charge in [-0.15, -0.1) is 0 Å². The Bertz CT molecular complexity index is 127. The van der Waals surface area contributed by atoms with Crippen LogP contribution in [0, 0.1) is 0 Å². The van der Waals surface area contributed by atoms with Crippen molar-refractivity contribution in [1.82, 2.24) is 0 Å². The highest BCUT2D eigenvalue weighted by Gasteiger charge is 2.12. The highest BCUT2D eigenvalue weighted by Crippen LogP contribution is 1.98. The molecule has 52 valence electrons. The molecule has 1 unspecified atom stereocenters. The summed E-state index contributed by atoms with van der Waals surface area (Å²) >= 11 is 0. The first-order valence-corrected chi connectivity index (χ1v) is 2.32. The number of rotatable bonds is 2.